The number of hydrogen-bond acceptors (Lipinski definition) is 4. The van der Waals surface area contributed by atoms with Crippen molar-refractivity contribution in [2.24, 2.45) is 0 Å². The first-order chi connectivity index (χ1) is 13.9. The lowest BCUT2D eigenvalue weighted by Gasteiger charge is -2.12. The first kappa shape index (κ1) is 21.6. The van der Waals surface area contributed by atoms with Crippen LogP contribution in [0.15, 0.2) is 47.4 Å². The molecule has 0 bridgehead atoms. The Kier molecular flexibility index (Phi) is 5.75. The van der Waals surface area contributed by atoms with Crippen molar-refractivity contribution in [2.45, 2.75) is 12.4 Å². The molecule has 0 amide bonds. The molecule has 0 saturated carbocycles. The molecule has 0 fully saturated rings. The SMILES string of the molecule is O=c1cc(-c2ccc(C(F)(F)F)cc2)nc(-c2cc(Cl)cnc2OCC(F)(F)F)[nH]1. The molecule has 30 heavy (non-hydrogen) atoms. The van der Waals surface area contributed by atoms with E-state index in [9.17, 15) is 31.1 Å². The van der Waals surface area contributed by atoms with Gasteiger partial charge in [-0.3, -0.25) is 4.79 Å². The topological polar surface area (TPSA) is 67.9 Å². The van der Waals surface area contributed by atoms with Crippen LogP contribution in [0.4, 0.5) is 26.3 Å². The predicted octanol–water partition coefficient (Wildman–Crippen LogP) is 5.11. The third-order valence-corrected chi connectivity index (χ3v) is 3.90. The van der Waals surface area contributed by atoms with E-state index in [-0.39, 0.29) is 27.7 Å². The van der Waals surface area contributed by atoms with E-state index in [4.69, 9.17) is 11.6 Å². The molecule has 12 heteroatoms. The molecule has 0 aliphatic heterocycles. The van der Waals surface area contributed by atoms with Gasteiger partial charge in [0, 0.05) is 17.8 Å². The van der Waals surface area contributed by atoms with Gasteiger partial charge in [-0.05, 0) is 18.2 Å². The van der Waals surface area contributed by atoms with E-state index in [0.717, 1.165) is 36.5 Å². The van der Waals surface area contributed by atoms with E-state index >= 15 is 0 Å². The molecule has 3 rings (SSSR count). The van der Waals surface area contributed by atoms with Crippen LogP contribution in [-0.4, -0.2) is 27.7 Å². The van der Waals surface area contributed by atoms with Crippen LogP contribution in [0, 0.1) is 0 Å². The highest BCUT2D eigenvalue weighted by molar-refractivity contribution is 6.30. The number of aromatic amines is 1. The molecule has 158 valence electrons. The molecular formula is C18H10ClF6N3O2. The van der Waals surface area contributed by atoms with Gasteiger partial charge in [0.2, 0.25) is 5.88 Å². The van der Waals surface area contributed by atoms with Gasteiger partial charge in [-0.15, -0.1) is 0 Å². The Hall–Kier alpha value is -3.08. The molecule has 0 atom stereocenters. The van der Waals surface area contributed by atoms with E-state index in [1.807, 2.05) is 0 Å². The number of alkyl halides is 6. The second-order valence-corrected chi connectivity index (χ2v) is 6.40. The first-order valence-corrected chi connectivity index (χ1v) is 8.45. The van der Waals surface area contributed by atoms with Crippen molar-refractivity contribution in [3.63, 3.8) is 0 Å². The fourth-order valence-electron chi connectivity index (χ4n) is 2.42. The molecular weight excluding hydrogens is 440 g/mol. The minimum atomic E-state index is -4.64. The van der Waals surface area contributed by atoms with Crippen molar-refractivity contribution in [1.29, 1.82) is 0 Å². The molecule has 0 radical (unpaired) electrons. The van der Waals surface area contributed by atoms with Crippen LogP contribution in [0.1, 0.15) is 5.56 Å². The molecule has 1 aromatic carbocycles. The third-order valence-electron chi connectivity index (χ3n) is 3.70. The Balaban J connectivity index is 2.04. The molecule has 0 spiro atoms. The lowest BCUT2D eigenvalue weighted by atomic mass is 10.1. The molecule has 1 N–H and O–H groups in total. The number of H-pyrrole nitrogens is 1. The summed E-state index contributed by atoms with van der Waals surface area (Å²) in [5, 5.41) is 0.0342. The average Bonchev–Trinajstić information content (AvgIpc) is 2.65. The smallest absolute Gasteiger partial charge is 0.422 e. The maximum atomic E-state index is 12.7. The van der Waals surface area contributed by atoms with E-state index in [0.29, 0.717) is 0 Å². The first-order valence-electron chi connectivity index (χ1n) is 8.07. The Labute approximate surface area is 169 Å². The number of halogens is 7. The molecule has 0 unspecified atom stereocenters. The Morgan fingerprint density at radius 3 is 2.30 bits per heavy atom. The number of hydrogen-bond donors (Lipinski definition) is 1. The molecule has 0 saturated heterocycles. The molecule has 0 aliphatic rings. The van der Waals surface area contributed by atoms with Crippen molar-refractivity contribution in [1.82, 2.24) is 15.0 Å². The van der Waals surface area contributed by atoms with Crippen molar-refractivity contribution < 1.29 is 31.1 Å². The molecule has 5 nitrogen and oxygen atoms in total. The van der Waals surface area contributed by atoms with Crippen LogP contribution < -0.4 is 10.3 Å². The van der Waals surface area contributed by atoms with Gasteiger partial charge in [-0.25, -0.2) is 9.97 Å². The van der Waals surface area contributed by atoms with E-state index in [1.165, 1.54) is 6.07 Å². The summed E-state index contributed by atoms with van der Waals surface area (Å²) in [7, 11) is 0. The van der Waals surface area contributed by atoms with Gasteiger partial charge < -0.3 is 9.72 Å². The van der Waals surface area contributed by atoms with E-state index < -0.39 is 36.0 Å². The molecule has 2 aromatic heterocycles. The highest BCUT2D eigenvalue weighted by Crippen LogP contribution is 2.32. The summed E-state index contributed by atoms with van der Waals surface area (Å²) < 4.78 is 80.3. The van der Waals surface area contributed by atoms with Crippen molar-refractivity contribution >= 4 is 11.6 Å². The van der Waals surface area contributed by atoms with E-state index in [2.05, 4.69) is 19.7 Å². The van der Waals surface area contributed by atoms with Gasteiger partial charge in [0.1, 0.15) is 5.82 Å². The van der Waals surface area contributed by atoms with Gasteiger partial charge in [0.25, 0.3) is 5.56 Å². The largest absolute Gasteiger partial charge is 0.467 e. The second kappa shape index (κ2) is 7.98. The quantitative estimate of drug-likeness (QED) is 0.562. The van der Waals surface area contributed by atoms with Crippen LogP contribution in [-0.2, 0) is 6.18 Å². The van der Waals surface area contributed by atoms with Gasteiger partial charge in [0.05, 0.1) is 21.8 Å². The minimum absolute atomic E-state index is 0.00998. The summed E-state index contributed by atoms with van der Waals surface area (Å²) in [5.41, 5.74) is -1.54. The number of pyridine rings is 1. The monoisotopic (exact) mass is 449 g/mol. The zero-order valence-electron chi connectivity index (χ0n) is 14.6. The van der Waals surface area contributed by atoms with Crippen molar-refractivity contribution in [2.75, 3.05) is 6.61 Å². The standard InChI is InChI=1S/C18H10ClF6N3O2/c19-11-5-12(16(26-7-11)30-8-17(20,21)22)15-27-13(6-14(29)28-15)9-1-3-10(4-2-9)18(23,24)25/h1-7H,8H2,(H,27,28,29). The van der Waals surface area contributed by atoms with Crippen LogP contribution in [0.5, 0.6) is 5.88 Å². The number of nitrogens with zero attached hydrogens (tertiary/aromatic N) is 2. The highest BCUT2D eigenvalue weighted by Gasteiger charge is 2.30. The number of benzene rings is 1. The van der Waals surface area contributed by atoms with Crippen LogP contribution in [0.2, 0.25) is 5.02 Å². The molecule has 3 aromatic rings. The summed E-state index contributed by atoms with van der Waals surface area (Å²) in [6, 6.07) is 6.08. The average molecular weight is 450 g/mol. The number of rotatable bonds is 4. The number of ether oxygens (including phenoxy) is 1. The summed E-state index contributed by atoms with van der Waals surface area (Å²) in [4.78, 5) is 22.2. The van der Waals surface area contributed by atoms with Crippen LogP contribution in [0.25, 0.3) is 22.6 Å². The number of nitrogens with one attached hydrogen (secondary N) is 1. The van der Waals surface area contributed by atoms with Gasteiger partial charge in [-0.1, -0.05) is 23.7 Å². The summed E-state index contributed by atoms with van der Waals surface area (Å²) in [5.74, 6) is -0.700. The summed E-state index contributed by atoms with van der Waals surface area (Å²) in [6.07, 6.45) is -8.13. The van der Waals surface area contributed by atoms with Crippen molar-refractivity contribution in [3.8, 4) is 28.5 Å². The second-order valence-electron chi connectivity index (χ2n) is 5.96. The zero-order valence-corrected chi connectivity index (χ0v) is 15.4. The normalized spacial score (nSPS) is 12.1. The van der Waals surface area contributed by atoms with Gasteiger partial charge in [-0.2, -0.15) is 26.3 Å². The summed E-state index contributed by atoms with van der Waals surface area (Å²) in [6.45, 7) is -1.64. The van der Waals surface area contributed by atoms with E-state index in [1.54, 1.807) is 0 Å². The van der Waals surface area contributed by atoms with Crippen LogP contribution >= 0.6 is 11.6 Å². The Bertz CT molecular complexity index is 1110. The van der Waals surface area contributed by atoms with Crippen LogP contribution in [0.3, 0.4) is 0 Å². The maximum Gasteiger partial charge on any atom is 0.422 e. The van der Waals surface area contributed by atoms with Gasteiger partial charge in [0.15, 0.2) is 6.61 Å². The minimum Gasteiger partial charge on any atom is -0.467 e. The van der Waals surface area contributed by atoms with Gasteiger partial charge >= 0.3 is 12.4 Å². The fraction of sp³-hybridized carbons (Fsp3) is 0.167. The fourth-order valence-corrected chi connectivity index (χ4v) is 2.58. The molecule has 2 heterocycles. The number of aromatic nitrogens is 3. The maximum absolute atomic E-state index is 12.7. The lowest BCUT2D eigenvalue weighted by molar-refractivity contribution is -0.154. The summed E-state index contributed by atoms with van der Waals surface area (Å²) >= 11 is 5.85. The Morgan fingerprint density at radius 2 is 1.70 bits per heavy atom. The third kappa shape index (κ3) is 5.29. The highest BCUT2D eigenvalue weighted by atomic mass is 35.5. The lowest BCUT2D eigenvalue weighted by Crippen LogP contribution is -2.20. The van der Waals surface area contributed by atoms with Crippen molar-refractivity contribution in [3.05, 3.63) is 63.5 Å². The molecule has 0 aliphatic carbocycles. The predicted molar refractivity (Wildman–Crippen MR) is 95.1 cm³/mol. The zero-order chi connectivity index (χ0) is 22.1. The Morgan fingerprint density at radius 1 is 1.03 bits per heavy atom.